The summed E-state index contributed by atoms with van der Waals surface area (Å²) >= 11 is 0. The van der Waals surface area contributed by atoms with Crippen LogP contribution >= 0.6 is 0 Å². The Morgan fingerprint density at radius 2 is 1.72 bits per heavy atom. The molecule has 0 aliphatic carbocycles. The van der Waals surface area contributed by atoms with E-state index in [9.17, 15) is 22.8 Å². The number of carbonyl (C=O) groups excluding carboxylic acids is 3. The van der Waals surface area contributed by atoms with Crippen molar-refractivity contribution < 1.29 is 27.5 Å². The smallest absolute Gasteiger partial charge is 0.338 e. The first-order chi connectivity index (χ1) is 11.9. The number of hydrogen-bond acceptors (Lipinski definition) is 6. The molecule has 3 rings (SSSR count). The third-order valence-electron chi connectivity index (χ3n) is 3.79. The quantitative estimate of drug-likeness (QED) is 0.698. The molecule has 1 N–H and O–H groups in total. The second-order valence-electron chi connectivity index (χ2n) is 5.29. The summed E-state index contributed by atoms with van der Waals surface area (Å²) in [5.41, 5.74) is 0.0462. The molecule has 128 valence electrons. The van der Waals surface area contributed by atoms with Crippen LogP contribution in [0.5, 0.6) is 0 Å². The van der Waals surface area contributed by atoms with Crippen LogP contribution in [0.2, 0.25) is 0 Å². The normalized spacial score (nSPS) is 14.2. The van der Waals surface area contributed by atoms with E-state index < -0.39 is 34.1 Å². The first-order valence-corrected chi connectivity index (χ1v) is 8.75. The summed E-state index contributed by atoms with van der Waals surface area (Å²) < 4.78 is 30.3. The van der Waals surface area contributed by atoms with Gasteiger partial charge in [0.05, 0.1) is 15.4 Å². The van der Waals surface area contributed by atoms with Gasteiger partial charge in [-0.05, 0) is 30.3 Å². The molecule has 0 saturated carbocycles. The Bertz CT molecular complexity index is 1010. The molecule has 2 aromatic carbocycles. The highest BCUT2D eigenvalue weighted by atomic mass is 32.2. The molecule has 25 heavy (non-hydrogen) atoms. The Hall–Kier alpha value is -3.00. The maximum Gasteiger partial charge on any atom is 0.338 e. The molecule has 1 aliphatic rings. The molecule has 1 amide bonds. The predicted octanol–water partition coefficient (Wildman–Crippen LogP) is 0.967. The fourth-order valence-electron chi connectivity index (χ4n) is 2.50. The number of carbonyl (C=O) groups is 3. The molecule has 8 heteroatoms. The Labute approximate surface area is 143 Å². The molecule has 0 spiro atoms. The highest BCUT2D eigenvalue weighted by molar-refractivity contribution is 7.91. The van der Waals surface area contributed by atoms with Crippen molar-refractivity contribution in [3.8, 4) is 0 Å². The maximum atomic E-state index is 12.8. The van der Waals surface area contributed by atoms with E-state index in [0.717, 1.165) is 6.07 Å². The molecule has 0 saturated heterocycles. The zero-order valence-corrected chi connectivity index (χ0v) is 13.9. The molecule has 0 atom stereocenters. The van der Waals surface area contributed by atoms with E-state index in [0.29, 0.717) is 0 Å². The van der Waals surface area contributed by atoms with Gasteiger partial charge in [0.2, 0.25) is 9.84 Å². The molecule has 0 aromatic heterocycles. The van der Waals surface area contributed by atoms with Crippen LogP contribution in [-0.2, 0) is 19.4 Å². The van der Waals surface area contributed by atoms with Crippen molar-refractivity contribution in [2.24, 2.45) is 0 Å². The Kier molecular flexibility index (Phi) is 4.13. The second-order valence-corrected chi connectivity index (χ2v) is 7.18. The summed E-state index contributed by atoms with van der Waals surface area (Å²) in [5.74, 6) is -1.78. The largest absolute Gasteiger partial charge is 0.452 e. The SMILES string of the molecule is CNC(=O)COC(=O)c1ccc2c(c1)S(=O)(=O)c1ccccc1C2=O. The number of rotatable bonds is 3. The van der Waals surface area contributed by atoms with Crippen molar-refractivity contribution in [2.75, 3.05) is 13.7 Å². The monoisotopic (exact) mass is 359 g/mol. The Balaban J connectivity index is 2.03. The van der Waals surface area contributed by atoms with Gasteiger partial charge in [0, 0.05) is 18.2 Å². The standard InChI is InChI=1S/C17H13NO6S/c1-18-15(19)9-24-17(21)10-6-7-12-14(8-10)25(22,23)13-5-3-2-4-11(13)16(12)20/h2-8H,9H2,1H3,(H,18,19). The van der Waals surface area contributed by atoms with Crippen LogP contribution in [0, 0.1) is 0 Å². The van der Waals surface area contributed by atoms with Crippen LogP contribution in [0.3, 0.4) is 0 Å². The van der Waals surface area contributed by atoms with Gasteiger partial charge in [0.1, 0.15) is 0 Å². The third-order valence-corrected chi connectivity index (χ3v) is 5.64. The highest BCUT2D eigenvalue weighted by Gasteiger charge is 2.35. The zero-order valence-electron chi connectivity index (χ0n) is 13.1. The van der Waals surface area contributed by atoms with E-state index >= 15 is 0 Å². The first-order valence-electron chi connectivity index (χ1n) is 7.27. The highest BCUT2D eigenvalue weighted by Crippen LogP contribution is 2.34. The summed E-state index contributed by atoms with van der Waals surface area (Å²) in [6.07, 6.45) is 0. The van der Waals surface area contributed by atoms with Crippen LogP contribution in [0.1, 0.15) is 26.3 Å². The van der Waals surface area contributed by atoms with Gasteiger partial charge in [-0.3, -0.25) is 9.59 Å². The molecule has 2 aromatic rings. The van der Waals surface area contributed by atoms with E-state index in [-0.39, 0.29) is 26.5 Å². The molecular weight excluding hydrogens is 346 g/mol. The summed E-state index contributed by atoms with van der Waals surface area (Å²) in [4.78, 5) is 35.3. The lowest BCUT2D eigenvalue weighted by Crippen LogP contribution is -2.25. The minimum absolute atomic E-state index is 0.00144. The van der Waals surface area contributed by atoms with Crippen LogP contribution in [0.4, 0.5) is 0 Å². The third kappa shape index (κ3) is 2.80. The number of likely N-dealkylation sites (N-methyl/N-ethyl adjacent to an activating group) is 1. The summed E-state index contributed by atoms with van der Waals surface area (Å²) in [5, 5.41) is 2.29. The van der Waals surface area contributed by atoms with Crippen molar-refractivity contribution in [3.05, 3.63) is 59.2 Å². The number of hydrogen-bond donors (Lipinski definition) is 1. The number of sulfone groups is 1. The van der Waals surface area contributed by atoms with Crippen LogP contribution < -0.4 is 5.32 Å². The number of esters is 1. The average Bonchev–Trinajstić information content (AvgIpc) is 2.63. The van der Waals surface area contributed by atoms with Crippen molar-refractivity contribution in [1.82, 2.24) is 5.32 Å². The van der Waals surface area contributed by atoms with Crippen molar-refractivity contribution in [2.45, 2.75) is 9.79 Å². The van der Waals surface area contributed by atoms with Gasteiger partial charge in [0.15, 0.2) is 12.4 Å². The van der Waals surface area contributed by atoms with Gasteiger partial charge < -0.3 is 10.1 Å². The van der Waals surface area contributed by atoms with Crippen LogP contribution in [-0.4, -0.2) is 39.7 Å². The van der Waals surface area contributed by atoms with Crippen LogP contribution in [0.15, 0.2) is 52.3 Å². The van der Waals surface area contributed by atoms with E-state index in [1.165, 1.54) is 37.4 Å². The van der Waals surface area contributed by atoms with Gasteiger partial charge in [0.25, 0.3) is 5.91 Å². The maximum absolute atomic E-state index is 12.8. The average molecular weight is 359 g/mol. The molecule has 0 unspecified atom stereocenters. The fourth-order valence-corrected chi connectivity index (χ4v) is 4.18. The Morgan fingerprint density at radius 1 is 1.04 bits per heavy atom. The molecular formula is C17H13NO6S. The molecule has 1 heterocycles. The Morgan fingerprint density at radius 3 is 2.44 bits per heavy atom. The van der Waals surface area contributed by atoms with Gasteiger partial charge in [-0.15, -0.1) is 0 Å². The lowest BCUT2D eigenvalue weighted by Gasteiger charge is -2.19. The van der Waals surface area contributed by atoms with Gasteiger partial charge in [-0.25, -0.2) is 13.2 Å². The minimum Gasteiger partial charge on any atom is -0.452 e. The van der Waals surface area contributed by atoms with Gasteiger partial charge in [-0.1, -0.05) is 12.1 Å². The zero-order chi connectivity index (χ0) is 18.2. The fraction of sp³-hybridized carbons (Fsp3) is 0.118. The van der Waals surface area contributed by atoms with Crippen molar-refractivity contribution in [1.29, 1.82) is 0 Å². The minimum atomic E-state index is -3.93. The summed E-state index contributed by atoms with van der Waals surface area (Å²) in [6, 6.07) is 9.59. The van der Waals surface area contributed by atoms with E-state index in [1.807, 2.05) is 0 Å². The second kappa shape index (κ2) is 6.14. The topological polar surface area (TPSA) is 107 Å². The lowest BCUT2D eigenvalue weighted by molar-refractivity contribution is -0.123. The van der Waals surface area contributed by atoms with E-state index in [4.69, 9.17) is 4.74 Å². The molecule has 7 nitrogen and oxygen atoms in total. The molecule has 1 aliphatic heterocycles. The molecule has 0 fully saturated rings. The number of amides is 1. The summed E-state index contributed by atoms with van der Waals surface area (Å²) in [7, 11) is -2.54. The predicted molar refractivity (Wildman–Crippen MR) is 86.1 cm³/mol. The van der Waals surface area contributed by atoms with Crippen molar-refractivity contribution in [3.63, 3.8) is 0 Å². The van der Waals surface area contributed by atoms with Gasteiger partial charge >= 0.3 is 5.97 Å². The molecule has 0 radical (unpaired) electrons. The lowest BCUT2D eigenvalue weighted by atomic mass is 10.0. The van der Waals surface area contributed by atoms with Gasteiger partial charge in [-0.2, -0.15) is 0 Å². The first kappa shape index (κ1) is 16.8. The van der Waals surface area contributed by atoms with Crippen molar-refractivity contribution >= 4 is 27.5 Å². The number of benzene rings is 2. The van der Waals surface area contributed by atoms with E-state index in [2.05, 4.69) is 5.32 Å². The molecule has 0 bridgehead atoms. The number of ether oxygens (including phenoxy) is 1. The number of fused-ring (bicyclic) bond motifs is 2. The summed E-state index contributed by atoms with van der Waals surface area (Å²) in [6.45, 7) is -0.485. The number of nitrogens with one attached hydrogen (secondary N) is 1. The van der Waals surface area contributed by atoms with Crippen LogP contribution in [0.25, 0.3) is 0 Å². The van der Waals surface area contributed by atoms with E-state index in [1.54, 1.807) is 6.07 Å². The number of ketones is 1.